The number of carbonyl (C=O) groups excluding carboxylic acids is 1. The standard InChI is InChI=1S/C13H18O4/c1-5-10-9(3)12(8(2)6-11(10)14)13(15)17-7-16-4/h6,14H,5,7H2,1-4H3. The maximum absolute atomic E-state index is 11.8. The second-order valence-electron chi connectivity index (χ2n) is 3.88. The fourth-order valence-corrected chi connectivity index (χ4v) is 1.95. The molecule has 0 amide bonds. The Morgan fingerprint density at radius 3 is 2.59 bits per heavy atom. The monoisotopic (exact) mass is 238 g/mol. The van der Waals surface area contributed by atoms with Crippen LogP contribution in [-0.4, -0.2) is 25.0 Å². The van der Waals surface area contributed by atoms with Crippen LogP contribution >= 0.6 is 0 Å². The van der Waals surface area contributed by atoms with Crippen molar-refractivity contribution in [1.82, 2.24) is 0 Å². The summed E-state index contributed by atoms with van der Waals surface area (Å²) in [5.74, 6) is -0.192. The summed E-state index contributed by atoms with van der Waals surface area (Å²) in [6.45, 7) is 5.45. The van der Waals surface area contributed by atoms with Crippen molar-refractivity contribution in [2.75, 3.05) is 13.9 Å². The van der Waals surface area contributed by atoms with E-state index in [4.69, 9.17) is 9.47 Å². The minimum Gasteiger partial charge on any atom is -0.508 e. The van der Waals surface area contributed by atoms with Crippen molar-refractivity contribution in [2.24, 2.45) is 0 Å². The first kappa shape index (κ1) is 13.5. The Labute approximate surface area is 101 Å². The lowest BCUT2D eigenvalue weighted by Gasteiger charge is -2.14. The molecule has 0 heterocycles. The van der Waals surface area contributed by atoms with Crippen LogP contribution in [0.5, 0.6) is 5.75 Å². The summed E-state index contributed by atoms with van der Waals surface area (Å²) in [5, 5.41) is 9.78. The first-order chi connectivity index (χ1) is 8.02. The van der Waals surface area contributed by atoms with Crippen molar-refractivity contribution in [3.05, 3.63) is 28.3 Å². The van der Waals surface area contributed by atoms with Gasteiger partial charge in [0.2, 0.25) is 0 Å². The molecule has 1 N–H and O–H groups in total. The van der Waals surface area contributed by atoms with E-state index < -0.39 is 5.97 Å². The molecule has 0 radical (unpaired) electrons. The van der Waals surface area contributed by atoms with Crippen molar-refractivity contribution in [3.8, 4) is 5.75 Å². The van der Waals surface area contributed by atoms with Crippen LogP contribution in [0.25, 0.3) is 0 Å². The number of benzene rings is 1. The molecule has 0 aliphatic carbocycles. The van der Waals surface area contributed by atoms with Crippen molar-refractivity contribution in [1.29, 1.82) is 0 Å². The van der Waals surface area contributed by atoms with Gasteiger partial charge in [0.1, 0.15) is 5.75 Å². The number of ether oxygens (including phenoxy) is 2. The van der Waals surface area contributed by atoms with E-state index in [1.807, 2.05) is 13.8 Å². The highest BCUT2D eigenvalue weighted by molar-refractivity contribution is 5.93. The van der Waals surface area contributed by atoms with E-state index in [0.717, 1.165) is 11.1 Å². The zero-order chi connectivity index (χ0) is 13.0. The van der Waals surface area contributed by atoms with Gasteiger partial charge in [0.15, 0.2) is 6.79 Å². The number of aryl methyl sites for hydroxylation is 1. The van der Waals surface area contributed by atoms with Gasteiger partial charge < -0.3 is 14.6 Å². The van der Waals surface area contributed by atoms with E-state index >= 15 is 0 Å². The topological polar surface area (TPSA) is 55.8 Å². The van der Waals surface area contributed by atoms with E-state index in [2.05, 4.69) is 0 Å². The molecule has 4 heteroatoms. The maximum Gasteiger partial charge on any atom is 0.340 e. The molecular weight excluding hydrogens is 220 g/mol. The van der Waals surface area contributed by atoms with Crippen LogP contribution < -0.4 is 0 Å². The molecular formula is C13H18O4. The highest BCUT2D eigenvalue weighted by Gasteiger charge is 2.18. The number of hydrogen-bond acceptors (Lipinski definition) is 4. The van der Waals surface area contributed by atoms with E-state index in [1.54, 1.807) is 13.0 Å². The molecule has 0 aliphatic rings. The molecule has 1 rings (SSSR count). The summed E-state index contributed by atoms with van der Waals surface area (Å²) in [5.41, 5.74) is 2.76. The van der Waals surface area contributed by atoms with Crippen LogP contribution in [0.15, 0.2) is 6.07 Å². The van der Waals surface area contributed by atoms with Gasteiger partial charge in [-0.05, 0) is 43.0 Å². The Balaban J connectivity index is 3.19. The molecule has 0 atom stereocenters. The molecule has 1 aromatic carbocycles. The van der Waals surface area contributed by atoms with Crippen LogP contribution in [0, 0.1) is 13.8 Å². The molecule has 0 unspecified atom stereocenters. The molecule has 0 aromatic heterocycles. The SMILES string of the molecule is CCc1c(O)cc(C)c(C(=O)OCOC)c1C. The van der Waals surface area contributed by atoms with E-state index in [1.165, 1.54) is 7.11 Å². The lowest BCUT2D eigenvalue weighted by molar-refractivity contribution is -0.0126. The van der Waals surface area contributed by atoms with Crippen molar-refractivity contribution >= 4 is 5.97 Å². The number of rotatable bonds is 4. The highest BCUT2D eigenvalue weighted by Crippen LogP contribution is 2.28. The van der Waals surface area contributed by atoms with Crippen molar-refractivity contribution in [2.45, 2.75) is 27.2 Å². The van der Waals surface area contributed by atoms with Gasteiger partial charge in [0, 0.05) is 7.11 Å². The predicted molar refractivity (Wildman–Crippen MR) is 64.3 cm³/mol. The highest BCUT2D eigenvalue weighted by atomic mass is 16.7. The second kappa shape index (κ2) is 5.68. The molecule has 0 fully saturated rings. The molecule has 0 aliphatic heterocycles. The van der Waals surface area contributed by atoms with E-state index in [0.29, 0.717) is 17.5 Å². The van der Waals surface area contributed by atoms with Gasteiger partial charge in [-0.15, -0.1) is 0 Å². The largest absolute Gasteiger partial charge is 0.508 e. The number of methoxy groups -OCH3 is 1. The Bertz CT molecular complexity index is 424. The summed E-state index contributed by atoms with van der Waals surface area (Å²) >= 11 is 0. The quantitative estimate of drug-likeness (QED) is 0.646. The number of hydrogen-bond donors (Lipinski definition) is 1. The zero-order valence-electron chi connectivity index (χ0n) is 10.7. The van der Waals surface area contributed by atoms with Crippen LogP contribution in [-0.2, 0) is 15.9 Å². The summed E-state index contributed by atoms with van der Waals surface area (Å²) in [7, 11) is 1.46. The van der Waals surface area contributed by atoms with Gasteiger partial charge in [0.25, 0.3) is 0 Å². The molecule has 4 nitrogen and oxygen atoms in total. The number of carbonyl (C=O) groups is 1. The minimum absolute atomic E-state index is 0.0694. The number of aromatic hydroxyl groups is 1. The maximum atomic E-state index is 11.8. The average Bonchev–Trinajstić information content (AvgIpc) is 2.26. The lowest BCUT2D eigenvalue weighted by Crippen LogP contribution is -2.12. The van der Waals surface area contributed by atoms with Crippen LogP contribution in [0.1, 0.15) is 34.0 Å². The number of phenols is 1. The summed E-state index contributed by atoms with van der Waals surface area (Å²) in [6.07, 6.45) is 0.669. The van der Waals surface area contributed by atoms with Crippen LogP contribution in [0.3, 0.4) is 0 Å². The van der Waals surface area contributed by atoms with Gasteiger partial charge in [-0.2, -0.15) is 0 Å². The van der Waals surface area contributed by atoms with Crippen molar-refractivity contribution < 1.29 is 19.4 Å². The zero-order valence-corrected chi connectivity index (χ0v) is 10.7. The third-order valence-corrected chi connectivity index (χ3v) is 2.75. The molecule has 0 spiro atoms. The van der Waals surface area contributed by atoms with Gasteiger partial charge in [-0.25, -0.2) is 4.79 Å². The second-order valence-corrected chi connectivity index (χ2v) is 3.88. The molecule has 0 saturated carbocycles. The Hall–Kier alpha value is -1.55. The molecule has 0 bridgehead atoms. The summed E-state index contributed by atoms with van der Waals surface area (Å²) in [6, 6.07) is 1.59. The summed E-state index contributed by atoms with van der Waals surface area (Å²) < 4.78 is 9.64. The molecule has 94 valence electrons. The van der Waals surface area contributed by atoms with Crippen LogP contribution in [0.4, 0.5) is 0 Å². The van der Waals surface area contributed by atoms with Gasteiger partial charge in [0.05, 0.1) is 5.56 Å². The normalized spacial score (nSPS) is 10.4. The first-order valence-corrected chi connectivity index (χ1v) is 5.51. The minimum atomic E-state index is -0.420. The lowest BCUT2D eigenvalue weighted by atomic mass is 9.95. The van der Waals surface area contributed by atoms with Gasteiger partial charge in [-0.1, -0.05) is 6.92 Å². The van der Waals surface area contributed by atoms with Gasteiger partial charge >= 0.3 is 5.97 Å². The van der Waals surface area contributed by atoms with E-state index in [9.17, 15) is 9.90 Å². The molecule has 0 saturated heterocycles. The fraction of sp³-hybridized carbons (Fsp3) is 0.462. The third kappa shape index (κ3) is 2.77. The van der Waals surface area contributed by atoms with Crippen molar-refractivity contribution in [3.63, 3.8) is 0 Å². The predicted octanol–water partition coefficient (Wildman–Crippen LogP) is 2.33. The number of phenolic OH excluding ortho intramolecular Hbond substituents is 1. The first-order valence-electron chi connectivity index (χ1n) is 5.51. The average molecular weight is 238 g/mol. The Kier molecular flexibility index (Phi) is 4.52. The Morgan fingerprint density at radius 2 is 2.06 bits per heavy atom. The van der Waals surface area contributed by atoms with Gasteiger partial charge in [-0.3, -0.25) is 0 Å². The number of esters is 1. The smallest absolute Gasteiger partial charge is 0.340 e. The van der Waals surface area contributed by atoms with Crippen LogP contribution in [0.2, 0.25) is 0 Å². The summed E-state index contributed by atoms with van der Waals surface area (Å²) in [4.78, 5) is 11.8. The molecule has 17 heavy (non-hydrogen) atoms. The fourth-order valence-electron chi connectivity index (χ4n) is 1.95. The Morgan fingerprint density at radius 1 is 1.41 bits per heavy atom. The molecule has 1 aromatic rings. The third-order valence-electron chi connectivity index (χ3n) is 2.75. The van der Waals surface area contributed by atoms with E-state index in [-0.39, 0.29) is 12.5 Å².